The summed E-state index contributed by atoms with van der Waals surface area (Å²) < 4.78 is 25.1. The molecule has 1 aromatic heterocycles. The van der Waals surface area contributed by atoms with Crippen molar-refractivity contribution in [2.45, 2.75) is 36.6 Å². The molecule has 2 N–H and O–H groups in total. The summed E-state index contributed by atoms with van der Waals surface area (Å²) in [5, 5.41) is 1.24. The monoisotopic (exact) mass is 383 g/mol. The maximum atomic E-state index is 12.5. The van der Waals surface area contributed by atoms with Gasteiger partial charge in [-0.15, -0.1) is 0 Å². The van der Waals surface area contributed by atoms with Crippen LogP contribution in [0.2, 0.25) is 0 Å². The molecule has 142 valence electrons. The molecule has 0 radical (unpaired) electrons. The van der Waals surface area contributed by atoms with Crippen molar-refractivity contribution in [2.24, 2.45) is 0 Å². The normalized spacial score (nSPS) is 20.3. The zero-order valence-electron chi connectivity index (χ0n) is 15.7. The summed E-state index contributed by atoms with van der Waals surface area (Å²) in [6, 6.07) is 15.7. The Kier molecular flexibility index (Phi) is 5.06. The van der Waals surface area contributed by atoms with E-state index in [0.29, 0.717) is 17.4 Å². The van der Waals surface area contributed by atoms with Gasteiger partial charge in [-0.25, -0.2) is 8.42 Å². The molecule has 2 aromatic carbocycles. The van der Waals surface area contributed by atoms with E-state index in [-0.39, 0.29) is 5.75 Å². The first kappa shape index (κ1) is 18.3. The maximum Gasteiger partial charge on any atom is 0.178 e. The van der Waals surface area contributed by atoms with Crippen molar-refractivity contribution < 1.29 is 13.3 Å². The van der Waals surface area contributed by atoms with Crippen molar-refractivity contribution >= 4 is 20.7 Å². The lowest BCUT2D eigenvalue weighted by molar-refractivity contribution is -0.891. The molecule has 1 fully saturated rings. The van der Waals surface area contributed by atoms with Crippen molar-refractivity contribution in [3.05, 3.63) is 65.9 Å². The van der Waals surface area contributed by atoms with Crippen LogP contribution in [-0.2, 0) is 22.7 Å². The molecular weight excluding hydrogens is 356 g/mol. The van der Waals surface area contributed by atoms with Crippen molar-refractivity contribution in [2.75, 3.05) is 19.3 Å². The van der Waals surface area contributed by atoms with Gasteiger partial charge in [0.2, 0.25) is 0 Å². The van der Waals surface area contributed by atoms with Crippen molar-refractivity contribution in [1.29, 1.82) is 0 Å². The molecule has 2 unspecified atom stereocenters. The Morgan fingerprint density at radius 2 is 1.96 bits per heavy atom. The number of hydrogen-bond donors (Lipinski definition) is 2. The molecular formula is C22H27N2O2S+. The predicted molar refractivity (Wildman–Crippen MR) is 109 cm³/mol. The van der Waals surface area contributed by atoms with Gasteiger partial charge in [-0.05, 0) is 41.8 Å². The molecule has 3 aromatic rings. The van der Waals surface area contributed by atoms with Gasteiger partial charge in [0.25, 0.3) is 0 Å². The van der Waals surface area contributed by atoms with Gasteiger partial charge < -0.3 is 9.88 Å². The fourth-order valence-electron chi connectivity index (χ4n) is 4.17. The number of H-pyrrole nitrogens is 1. The molecule has 1 aliphatic rings. The highest BCUT2D eigenvalue weighted by atomic mass is 32.2. The van der Waals surface area contributed by atoms with Crippen LogP contribution in [-0.4, -0.2) is 38.8 Å². The zero-order chi connectivity index (χ0) is 18.9. The SMILES string of the molecule is C[NH+]1CCCC1Cc1c[nH]c2ccc(CCS(=O)(=O)c3ccccc3)cc12. The van der Waals surface area contributed by atoms with Crippen molar-refractivity contribution in [1.82, 2.24) is 4.98 Å². The number of rotatable bonds is 6. The fourth-order valence-corrected chi connectivity index (χ4v) is 5.48. The summed E-state index contributed by atoms with van der Waals surface area (Å²) in [6.45, 7) is 1.26. The number of aryl methyl sites for hydroxylation is 1. The highest BCUT2D eigenvalue weighted by Crippen LogP contribution is 2.23. The summed E-state index contributed by atoms with van der Waals surface area (Å²) in [7, 11) is -0.961. The molecule has 2 heterocycles. The summed E-state index contributed by atoms with van der Waals surface area (Å²) in [5.41, 5.74) is 3.56. The van der Waals surface area contributed by atoms with Crippen LogP contribution in [0.25, 0.3) is 10.9 Å². The second-order valence-corrected chi connectivity index (χ2v) is 9.82. The van der Waals surface area contributed by atoms with Gasteiger partial charge in [0.15, 0.2) is 9.84 Å². The van der Waals surface area contributed by atoms with E-state index in [1.807, 2.05) is 12.1 Å². The minimum Gasteiger partial charge on any atom is -0.361 e. The average molecular weight is 384 g/mol. The Bertz CT molecular complexity index is 1020. The Hall–Kier alpha value is -2.11. The van der Waals surface area contributed by atoms with Crippen LogP contribution < -0.4 is 4.90 Å². The second kappa shape index (κ2) is 7.49. The molecule has 0 saturated carbocycles. The Morgan fingerprint density at radius 1 is 1.15 bits per heavy atom. The largest absolute Gasteiger partial charge is 0.361 e. The van der Waals surface area contributed by atoms with Gasteiger partial charge in [-0.1, -0.05) is 24.3 Å². The van der Waals surface area contributed by atoms with Crippen LogP contribution in [0.1, 0.15) is 24.0 Å². The highest BCUT2D eigenvalue weighted by molar-refractivity contribution is 7.91. The van der Waals surface area contributed by atoms with E-state index < -0.39 is 9.84 Å². The number of likely N-dealkylation sites (N-methyl/N-ethyl adjacent to an activating group) is 1. The molecule has 4 rings (SSSR count). The molecule has 5 heteroatoms. The summed E-state index contributed by atoms with van der Waals surface area (Å²) >= 11 is 0. The molecule has 0 amide bonds. The van der Waals surface area contributed by atoms with Gasteiger partial charge in [-0.2, -0.15) is 0 Å². The Morgan fingerprint density at radius 3 is 2.70 bits per heavy atom. The first-order valence-corrected chi connectivity index (χ1v) is 11.4. The number of likely N-dealkylation sites (tertiary alicyclic amines) is 1. The lowest BCUT2D eigenvalue weighted by Gasteiger charge is -2.16. The van der Waals surface area contributed by atoms with Crippen LogP contribution in [0.3, 0.4) is 0 Å². The van der Waals surface area contributed by atoms with Crippen LogP contribution in [0.15, 0.2) is 59.6 Å². The van der Waals surface area contributed by atoms with E-state index in [1.54, 1.807) is 29.2 Å². The molecule has 0 spiro atoms. The number of fused-ring (bicyclic) bond motifs is 1. The Labute approximate surface area is 161 Å². The molecule has 1 saturated heterocycles. The third-order valence-corrected chi connectivity index (χ3v) is 7.61. The molecule has 4 nitrogen and oxygen atoms in total. The van der Waals surface area contributed by atoms with Crippen LogP contribution in [0.5, 0.6) is 0 Å². The first-order chi connectivity index (χ1) is 13.0. The summed E-state index contributed by atoms with van der Waals surface area (Å²) in [4.78, 5) is 5.40. The van der Waals surface area contributed by atoms with Gasteiger partial charge in [0, 0.05) is 36.4 Å². The van der Waals surface area contributed by atoms with Gasteiger partial charge in [-0.3, -0.25) is 0 Å². The van der Waals surface area contributed by atoms with Crippen molar-refractivity contribution in [3.63, 3.8) is 0 Å². The average Bonchev–Trinajstić information content (AvgIpc) is 3.27. The molecule has 1 aliphatic heterocycles. The molecule has 27 heavy (non-hydrogen) atoms. The number of sulfone groups is 1. The van der Waals surface area contributed by atoms with Gasteiger partial charge in [0.05, 0.1) is 30.3 Å². The fraction of sp³-hybridized carbons (Fsp3) is 0.364. The number of nitrogens with one attached hydrogen (secondary N) is 2. The number of aromatic nitrogens is 1. The van der Waals surface area contributed by atoms with E-state index in [9.17, 15) is 8.42 Å². The number of benzene rings is 2. The minimum absolute atomic E-state index is 0.137. The summed E-state index contributed by atoms with van der Waals surface area (Å²) in [5.74, 6) is 0.137. The Balaban J connectivity index is 1.52. The van der Waals surface area contributed by atoms with Crippen LogP contribution >= 0.6 is 0 Å². The van der Waals surface area contributed by atoms with Gasteiger partial charge >= 0.3 is 0 Å². The quantitative estimate of drug-likeness (QED) is 0.687. The van der Waals surface area contributed by atoms with Crippen LogP contribution in [0.4, 0.5) is 0 Å². The number of aromatic amines is 1. The van der Waals surface area contributed by atoms with E-state index in [4.69, 9.17) is 0 Å². The van der Waals surface area contributed by atoms with E-state index >= 15 is 0 Å². The molecule has 2 atom stereocenters. The first-order valence-electron chi connectivity index (χ1n) is 9.72. The second-order valence-electron chi connectivity index (χ2n) is 7.72. The number of quaternary nitrogens is 1. The van der Waals surface area contributed by atoms with E-state index in [0.717, 1.165) is 17.5 Å². The lowest BCUT2D eigenvalue weighted by atomic mass is 10.0. The van der Waals surface area contributed by atoms with E-state index in [1.165, 1.54) is 30.3 Å². The van der Waals surface area contributed by atoms with Gasteiger partial charge in [0.1, 0.15) is 0 Å². The molecule has 0 aliphatic carbocycles. The standard InChI is InChI=1S/C22H26N2O2S/c1-24-12-5-6-19(24)15-18-16-23-22-10-9-17(14-21(18)22)11-13-27(25,26)20-7-3-2-4-8-20/h2-4,7-10,14,16,19,23H,5-6,11-13,15H2,1H3/p+1. The van der Waals surface area contributed by atoms with Crippen molar-refractivity contribution in [3.8, 4) is 0 Å². The third-order valence-electron chi connectivity index (χ3n) is 5.88. The van der Waals surface area contributed by atoms with E-state index in [2.05, 4.69) is 30.4 Å². The lowest BCUT2D eigenvalue weighted by Crippen LogP contribution is -3.10. The van der Waals surface area contributed by atoms with Crippen LogP contribution in [0, 0.1) is 0 Å². The third kappa shape index (κ3) is 3.94. The topological polar surface area (TPSA) is 54.4 Å². The smallest absolute Gasteiger partial charge is 0.178 e. The predicted octanol–water partition coefficient (Wildman–Crippen LogP) is 2.40. The highest BCUT2D eigenvalue weighted by Gasteiger charge is 2.26. The molecule has 0 bridgehead atoms. The zero-order valence-corrected chi connectivity index (χ0v) is 16.6. The minimum atomic E-state index is -3.25. The summed E-state index contributed by atoms with van der Waals surface area (Å²) in [6.07, 6.45) is 6.33. The number of hydrogen-bond acceptors (Lipinski definition) is 2. The maximum absolute atomic E-state index is 12.5.